The van der Waals surface area contributed by atoms with Gasteiger partial charge in [-0.3, -0.25) is 0 Å². The van der Waals surface area contributed by atoms with Gasteiger partial charge >= 0.3 is 6.36 Å². The van der Waals surface area contributed by atoms with Crippen molar-refractivity contribution in [3.05, 3.63) is 35.1 Å². The van der Waals surface area contributed by atoms with Gasteiger partial charge in [-0.15, -0.1) is 13.2 Å². The summed E-state index contributed by atoms with van der Waals surface area (Å²) in [6.07, 6.45) is -2.32. The third-order valence-electron chi connectivity index (χ3n) is 1.09. The third kappa shape index (κ3) is 5.70. The molecule has 5 heteroatoms. The Hall–Kier alpha value is -0.900. The molecule has 0 aliphatic carbocycles. The number of halogens is 4. The minimum atomic E-state index is -4.75. The van der Waals surface area contributed by atoms with Crippen LogP contribution >= 0.6 is 11.6 Å². The summed E-state index contributed by atoms with van der Waals surface area (Å²) >= 11 is 5.51. The zero-order valence-corrected chi connectivity index (χ0v) is 8.54. The second kappa shape index (κ2) is 5.10. The van der Waals surface area contributed by atoms with E-state index in [-0.39, 0.29) is 5.03 Å². The molecule has 0 fully saturated rings. The van der Waals surface area contributed by atoms with Gasteiger partial charge in [0.05, 0.1) is 5.03 Å². The minimum Gasteiger partial charge on any atom is -0.404 e. The molecule has 0 rings (SSSR count). The Morgan fingerprint density at radius 3 is 2.21 bits per heavy atom. The molecule has 0 unspecified atom stereocenters. The number of rotatable bonds is 3. The van der Waals surface area contributed by atoms with Crippen molar-refractivity contribution in [1.29, 1.82) is 0 Å². The van der Waals surface area contributed by atoms with E-state index in [0.29, 0.717) is 5.57 Å². The molecule has 0 heterocycles. The maximum atomic E-state index is 11.9. The van der Waals surface area contributed by atoms with Crippen LogP contribution in [0.25, 0.3) is 0 Å². The van der Waals surface area contributed by atoms with Gasteiger partial charge in [0, 0.05) is 0 Å². The lowest BCUT2D eigenvalue weighted by atomic mass is 10.3. The highest BCUT2D eigenvalue weighted by Gasteiger charge is 2.32. The lowest BCUT2D eigenvalue weighted by Gasteiger charge is -2.11. The Morgan fingerprint density at radius 1 is 1.43 bits per heavy atom. The predicted molar refractivity (Wildman–Crippen MR) is 49.6 cm³/mol. The molecule has 1 nitrogen and oxygen atoms in total. The standard InChI is InChI=1S/C9H10ClF3O/c1-4-7(10)8(5-6(2)3)14-9(11,12)13/h4-5H,2H2,1,3H3. The third-order valence-corrected chi connectivity index (χ3v) is 1.50. The van der Waals surface area contributed by atoms with Crippen LogP contribution in [0.2, 0.25) is 0 Å². The number of hydrogen-bond acceptors (Lipinski definition) is 1. The van der Waals surface area contributed by atoms with Crippen molar-refractivity contribution in [2.24, 2.45) is 0 Å². The fourth-order valence-electron chi connectivity index (χ4n) is 0.638. The molecule has 0 amide bonds. The summed E-state index contributed by atoms with van der Waals surface area (Å²) in [6.45, 7) is 6.48. The Bertz CT molecular complexity index is 276. The van der Waals surface area contributed by atoms with Crippen LogP contribution in [0, 0.1) is 0 Å². The fraction of sp³-hybridized carbons (Fsp3) is 0.333. The van der Waals surface area contributed by atoms with Gasteiger partial charge in [0.2, 0.25) is 0 Å². The van der Waals surface area contributed by atoms with Gasteiger partial charge in [0.15, 0.2) is 0 Å². The van der Waals surface area contributed by atoms with Crippen molar-refractivity contribution >= 4 is 11.6 Å². The SMILES string of the molecule is C=C(C)C=C(OC(F)(F)F)C(Cl)=CC. The summed E-state index contributed by atoms with van der Waals surface area (Å²) in [5, 5.41) is -0.106. The lowest BCUT2D eigenvalue weighted by molar-refractivity contribution is -0.303. The molecule has 0 atom stereocenters. The first-order chi connectivity index (χ1) is 6.26. The topological polar surface area (TPSA) is 9.23 Å². The van der Waals surface area contributed by atoms with E-state index in [0.717, 1.165) is 6.08 Å². The van der Waals surface area contributed by atoms with Crippen LogP contribution in [-0.2, 0) is 4.74 Å². The normalized spacial score (nSPS) is 14.1. The second-order valence-corrected chi connectivity index (χ2v) is 2.95. The molecule has 0 aliphatic heterocycles. The summed E-state index contributed by atoms with van der Waals surface area (Å²) in [7, 11) is 0. The first-order valence-corrected chi connectivity index (χ1v) is 4.09. The van der Waals surface area contributed by atoms with Gasteiger partial charge in [-0.25, -0.2) is 0 Å². The first-order valence-electron chi connectivity index (χ1n) is 3.71. The molecule has 0 aromatic rings. The number of alkyl halides is 3. The van der Waals surface area contributed by atoms with E-state index in [2.05, 4.69) is 11.3 Å². The van der Waals surface area contributed by atoms with Crippen LogP contribution in [0.4, 0.5) is 13.2 Å². The Morgan fingerprint density at radius 2 is 1.93 bits per heavy atom. The van der Waals surface area contributed by atoms with Crippen molar-refractivity contribution in [1.82, 2.24) is 0 Å². The van der Waals surface area contributed by atoms with E-state index in [4.69, 9.17) is 11.6 Å². The highest BCUT2D eigenvalue weighted by atomic mass is 35.5. The van der Waals surface area contributed by atoms with Gasteiger partial charge in [-0.1, -0.05) is 29.8 Å². The number of hydrogen-bond donors (Lipinski definition) is 0. The molecular weight excluding hydrogens is 217 g/mol. The van der Waals surface area contributed by atoms with Crippen LogP contribution in [0.1, 0.15) is 13.8 Å². The summed E-state index contributed by atoms with van der Waals surface area (Å²) in [5.74, 6) is -0.450. The van der Waals surface area contributed by atoms with E-state index in [9.17, 15) is 13.2 Å². The van der Waals surface area contributed by atoms with Gasteiger partial charge in [-0.2, -0.15) is 0 Å². The van der Waals surface area contributed by atoms with Crippen molar-refractivity contribution in [3.63, 3.8) is 0 Å². The maximum absolute atomic E-state index is 11.9. The fourth-order valence-corrected chi connectivity index (χ4v) is 0.731. The molecule has 0 aliphatic rings. The van der Waals surface area contributed by atoms with E-state index < -0.39 is 12.1 Å². The molecule has 0 aromatic heterocycles. The average Bonchev–Trinajstić information content (AvgIpc) is 1.98. The number of ether oxygens (including phenoxy) is 1. The molecule has 0 aromatic carbocycles. The minimum absolute atomic E-state index is 0.106. The summed E-state index contributed by atoms with van der Waals surface area (Å²) in [6, 6.07) is 0. The van der Waals surface area contributed by atoms with Gasteiger partial charge in [0.25, 0.3) is 0 Å². The predicted octanol–water partition coefficient (Wildman–Crippen LogP) is 4.13. The molecule has 0 radical (unpaired) electrons. The quantitative estimate of drug-likeness (QED) is 0.519. The zero-order chi connectivity index (χ0) is 11.4. The average molecular weight is 227 g/mol. The molecule has 0 bridgehead atoms. The monoisotopic (exact) mass is 226 g/mol. The first kappa shape index (κ1) is 13.1. The van der Waals surface area contributed by atoms with Crippen molar-refractivity contribution < 1.29 is 17.9 Å². The van der Waals surface area contributed by atoms with Gasteiger partial charge < -0.3 is 4.74 Å². The molecule has 14 heavy (non-hydrogen) atoms. The Kier molecular flexibility index (Phi) is 4.77. The van der Waals surface area contributed by atoms with Gasteiger partial charge in [-0.05, 0) is 19.9 Å². The van der Waals surface area contributed by atoms with Crippen LogP contribution < -0.4 is 0 Å². The van der Waals surface area contributed by atoms with Crippen molar-refractivity contribution in [2.45, 2.75) is 20.2 Å². The van der Waals surface area contributed by atoms with E-state index in [1.165, 1.54) is 13.0 Å². The molecule has 0 spiro atoms. The summed E-state index contributed by atoms with van der Waals surface area (Å²) in [5.41, 5.74) is 0.421. The van der Waals surface area contributed by atoms with Gasteiger partial charge in [0.1, 0.15) is 5.76 Å². The maximum Gasteiger partial charge on any atom is 0.573 e. The molecule has 0 N–H and O–H groups in total. The largest absolute Gasteiger partial charge is 0.573 e. The molecule has 0 saturated carbocycles. The highest BCUT2D eigenvalue weighted by Crippen LogP contribution is 2.27. The summed E-state index contributed by atoms with van der Waals surface area (Å²) in [4.78, 5) is 0. The molecule has 80 valence electrons. The van der Waals surface area contributed by atoms with Crippen LogP contribution in [-0.4, -0.2) is 6.36 Å². The Balaban J connectivity index is 4.85. The van der Waals surface area contributed by atoms with E-state index in [1.54, 1.807) is 6.92 Å². The van der Waals surface area contributed by atoms with E-state index in [1.807, 2.05) is 0 Å². The zero-order valence-electron chi connectivity index (χ0n) is 7.78. The highest BCUT2D eigenvalue weighted by molar-refractivity contribution is 6.31. The van der Waals surface area contributed by atoms with Crippen LogP contribution in [0.15, 0.2) is 35.1 Å². The smallest absolute Gasteiger partial charge is 0.404 e. The Labute approximate surface area is 85.5 Å². The van der Waals surface area contributed by atoms with Crippen LogP contribution in [0.5, 0.6) is 0 Å². The molecular formula is C9H10ClF3O. The van der Waals surface area contributed by atoms with Crippen LogP contribution in [0.3, 0.4) is 0 Å². The van der Waals surface area contributed by atoms with Crippen molar-refractivity contribution in [2.75, 3.05) is 0 Å². The van der Waals surface area contributed by atoms with Crippen molar-refractivity contribution in [3.8, 4) is 0 Å². The summed E-state index contributed by atoms with van der Waals surface area (Å²) < 4.78 is 39.3. The second-order valence-electron chi connectivity index (χ2n) is 2.54. The lowest BCUT2D eigenvalue weighted by Crippen LogP contribution is -2.13. The number of allylic oxidation sites excluding steroid dienone is 4. The molecule has 0 saturated heterocycles. The van der Waals surface area contributed by atoms with E-state index >= 15 is 0 Å².